The van der Waals surface area contributed by atoms with Gasteiger partial charge in [-0.15, -0.1) is 0 Å². The molecule has 76 heavy (non-hydrogen) atoms. The van der Waals surface area contributed by atoms with Crippen molar-refractivity contribution in [2.45, 2.75) is 85.1 Å². The van der Waals surface area contributed by atoms with Crippen LogP contribution in [0.15, 0.2) is 77.2 Å². The standard InChI is InChI=1S/C55H72N8O12S/c1-5-59(6-2)39-21-23-43-46(36-39)75-47-37-40(60(7-3)8-4)22-24-44(47)53(43)41-16-11-12-17-42(41)55(70)62-31-29-61(30-32-62)50(66)20-14-13-19-49(65)58-45(38-76(71,72)73)54(69)57-27-15-9-10-18-48(64)56-28-34-74-35-33-63-51(67)25-26-52(63)68/h11-12,16-17,21-26,36-37,45H,5-10,13-15,18-20,27-35,38H2,1-4H3,(H3-,56,57,58,64,65,69,71,72,73)/p+1. The van der Waals surface area contributed by atoms with Crippen molar-refractivity contribution in [2.75, 3.05) is 95.9 Å². The predicted molar refractivity (Wildman–Crippen MR) is 289 cm³/mol. The number of fused-ring (bicyclic) bond motifs is 2. The van der Waals surface area contributed by atoms with Gasteiger partial charge in [0.1, 0.15) is 36.2 Å². The number of nitrogens with zero attached hydrogens (tertiary/aromatic N) is 5. The van der Waals surface area contributed by atoms with Gasteiger partial charge in [0.15, 0.2) is 0 Å². The van der Waals surface area contributed by atoms with Crippen LogP contribution >= 0.6 is 0 Å². The Balaban J connectivity index is 0.941. The second-order valence-electron chi connectivity index (χ2n) is 18.7. The number of hydrogen-bond donors (Lipinski definition) is 4. The molecule has 3 heterocycles. The molecule has 0 bridgehead atoms. The minimum atomic E-state index is -4.64. The Bertz CT molecular complexity index is 2880. The number of unbranched alkanes of at least 4 members (excludes halogenated alkanes) is 3. The Kier molecular flexibility index (Phi) is 21.7. The van der Waals surface area contributed by atoms with Gasteiger partial charge in [-0.2, -0.15) is 8.42 Å². The van der Waals surface area contributed by atoms with Gasteiger partial charge in [-0.05, 0) is 83.2 Å². The maximum atomic E-state index is 14.5. The molecule has 1 unspecified atom stereocenters. The van der Waals surface area contributed by atoms with Gasteiger partial charge in [0.05, 0.1) is 25.8 Å². The molecule has 3 aliphatic heterocycles. The van der Waals surface area contributed by atoms with Crippen molar-refractivity contribution in [1.82, 2.24) is 35.2 Å². The summed E-state index contributed by atoms with van der Waals surface area (Å²) >= 11 is 0. The SMILES string of the molecule is CCN(CC)c1ccc2c(-c3ccccc3C(=O)N3CCN(C(=O)CCCCC(=O)NC(CS(=O)(=O)O)C(=O)NCCCCCC(=O)NCCOCCN4C(=O)C=CC4=O)CC3)c3ccc(=[N+](CC)CC)cc-3oc2c1. The highest BCUT2D eigenvalue weighted by atomic mass is 32.2. The molecule has 2 aromatic rings. The number of benzene rings is 3. The van der Waals surface area contributed by atoms with Crippen LogP contribution in [0.2, 0.25) is 0 Å². The van der Waals surface area contributed by atoms with Gasteiger partial charge in [-0.1, -0.05) is 24.6 Å². The zero-order valence-electron chi connectivity index (χ0n) is 44.1. The predicted octanol–water partition coefficient (Wildman–Crippen LogP) is 3.81. The van der Waals surface area contributed by atoms with E-state index in [1.54, 1.807) is 9.80 Å². The average Bonchev–Trinajstić information content (AvgIpc) is 3.73. The molecule has 7 amide bonds. The highest BCUT2D eigenvalue weighted by molar-refractivity contribution is 7.85. The van der Waals surface area contributed by atoms with E-state index in [4.69, 9.17) is 9.15 Å². The fourth-order valence-electron chi connectivity index (χ4n) is 9.51. The second kappa shape index (κ2) is 28.2. The van der Waals surface area contributed by atoms with Gasteiger partial charge in [-0.25, -0.2) is 4.58 Å². The minimum absolute atomic E-state index is 0.0923. The van der Waals surface area contributed by atoms with Crippen LogP contribution in [-0.4, -0.2) is 166 Å². The highest BCUT2D eigenvalue weighted by Gasteiger charge is 2.30. The number of anilines is 1. The van der Waals surface area contributed by atoms with Crippen molar-refractivity contribution in [3.05, 3.63) is 83.7 Å². The van der Waals surface area contributed by atoms with Gasteiger partial charge in [0.25, 0.3) is 27.8 Å². The molecule has 0 spiro atoms. The maximum Gasteiger partial charge on any atom is 0.267 e. The lowest BCUT2D eigenvalue weighted by molar-refractivity contribution is -0.137. The third-order valence-corrected chi connectivity index (χ3v) is 14.4. The van der Waals surface area contributed by atoms with Crippen molar-refractivity contribution < 1.29 is 55.7 Å². The summed E-state index contributed by atoms with van der Waals surface area (Å²) < 4.78 is 47.3. The van der Waals surface area contributed by atoms with Gasteiger partial charge in [-0.3, -0.25) is 43.0 Å². The van der Waals surface area contributed by atoms with Crippen molar-refractivity contribution in [3.8, 4) is 22.5 Å². The summed E-state index contributed by atoms with van der Waals surface area (Å²) in [7, 11) is -4.64. The van der Waals surface area contributed by atoms with E-state index in [0.717, 1.165) is 75.5 Å². The molecule has 20 nitrogen and oxygen atoms in total. The first kappa shape index (κ1) is 58.3. The molecule has 2 aromatic carbocycles. The summed E-state index contributed by atoms with van der Waals surface area (Å²) in [6, 6.07) is 18.6. The molecule has 4 N–H and O–H groups in total. The zero-order chi connectivity index (χ0) is 54.8. The summed E-state index contributed by atoms with van der Waals surface area (Å²) in [6.45, 7) is 14.0. The Labute approximate surface area is 444 Å². The van der Waals surface area contributed by atoms with Crippen LogP contribution in [0.25, 0.3) is 33.4 Å². The quantitative estimate of drug-likeness (QED) is 0.0208. The van der Waals surface area contributed by atoms with Crippen LogP contribution in [0.4, 0.5) is 5.69 Å². The molecule has 1 saturated heterocycles. The molecule has 1 fully saturated rings. The van der Waals surface area contributed by atoms with Gasteiger partial charge in [0.2, 0.25) is 29.0 Å². The summed E-state index contributed by atoms with van der Waals surface area (Å²) in [6.07, 6.45) is 4.82. The van der Waals surface area contributed by atoms with Crippen molar-refractivity contribution >= 4 is 68.1 Å². The largest absolute Gasteiger partial charge is 0.456 e. The van der Waals surface area contributed by atoms with E-state index in [-0.39, 0.29) is 76.3 Å². The number of carbonyl (C=O) groups is 7. The first-order valence-electron chi connectivity index (χ1n) is 26.5. The molecule has 0 saturated carbocycles. The van der Waals surface area contributed by atoms with Crippen LogP contribution in [-0.2, 0) is 43.6 Å². The second-order valence-corrected chi connectivity index (χ2v) is 20.2. The monoisotopic (exact) mass is 1070 g/mol. The number of imide groups is 1. The Morgan fingerprint density at radius 1 is 0.750 bits per heavy atom. The van der Waals surface area contributed by atoms with Crippen LogP contribution < -0.4 is 30.8 Å². The molecule has 1 atom stereocenters. The van der Waals surface area contributed by atoms with Crippen LogP contribution in [0.1, 0.15) is 89.4 Å². The average molecular weight is 1070 g/mol. The Hall–Kier alpha value is -6.97. The normalized spacial score (nSPS) is 14.1. The van der Waals surface area contributed by atoms with Crippen LogP contribution in [0.3, 0.4) is 0 Å². The van der Waals surface area contributed by atoms with E-state index in [0.29, 0.717) is 57.4 Å². The van der Waals surface area contributed by atoms with E-state index >= 15 is 0 Å². The number of nitrogens with one attached hydrogen (secondary N) is 3. The van der Waals surface area contributed by atoms with E-state index < -0.39 is 45.5 Å². The lowest BCUT2D eigenvalue weighted by Gasteiger charge is -2.35. The van der Waals surface area contributed by atoms with Gasteiger partial charge < -0.3 is 39.8 Å². The van der Waals surface area contributed by atoms with Gasteiger partial charge in [0, 0.05) is 124 Å². The number of rotatable bonds is 28. The zero-order valence-corrected chi connectivity index (χ0v) is 45.0. The fraction of sp³-hybridized carbons (Fsp3) is 0.491. The lowest BCUT2D eigenvalue weighted by Crippen LogP contribution is -2.50. The molecule has 0 aromatic heterocycles. The molecule has 1 aliphatic carbocycles. The first-order valence-corrected chi connectivity index (χ1v) is 28.1. The molecule has 4 aliphatic rings. The highest BCUT2D eigenvalue weighted by Crippen LogP contribution is 2.42. The molecular formula is C55H73N8O12S+. The third-order valence-electron chi connectivity index (χ3n) is 13.7. The van der Waals surface area contributed by atoms with Crippen molar-refractivity contribution in [2.24, 2.45) is 0 Å². The maximum absolute atomic E-state index is 14.5. The third kappa shape index (κ3) is 16.0. The van der Waals surface area contributed by atoms with Crippen LogP contribution in [0.5, 0.6) is 0 Å². The molecule has 6 rings (SSSR count). The van der Waals surface area contributed by atoms with E-state index in [1.165, 1.54) is 12.2 Å². The summed E-state index contributed by atoms with van der Waals surface area (Å²) in [5.74, 6) is -2.96. The van der Waals surface area contributed by atoms with E-state index in [1.807, 2.05) is 24.3 Å². The summed E-state index contributed by atoms with van der Waals surface area (Å²) in [5.41, 5.74) is 4.90. The number of piperazine rings is 1. The van der Waals surface area contributed by atoms with Crippen molar-refractivity contribution in [1.29, 1.82) is 0 Å². The molecule has 0 radical (unpaired) electrons. The lowest BCUT2D eigenvalue weighted by atomic mass is 9.90. The summed E-state index contributed by atoms with van der Waals surface area (Å²) in [4.78, 5) is 95.7. The Morgan fingerprint density at radius 3 is 2.12 bits per heavy atom. The number of ether oxygens (including phenoxy) is 1. The molecular weight excluding hydrogens is 997 g/mol. The summed E-state index contributed by atoms with van der Waals surface area (Å²) in [5, 5.41) is 9.63. The van der Waals surface area contributed by atoms with Gasteiger partial charge >= 0.3 is 0 Å². The minimum Gasteiger partial charge on any atom is -0.456 e. The first-order chi connectivity index (χ1) is 36.5. The van der Waals surface area contributed by atoms with Crippen molar-refractivity contribution in [3.63, 3.8) is 0 Å². The molecule has 410 valence electrons. The van der Waals surface area contributed by atoms with E-state index in [9.17, 15) is 46.5 Å². The smallest absolute Gasteiger partial charge is 0.267 e. The number of carbonyl (C=O) groups excluding carboxylic acids is 7. The number of hydrogen-bond acceptors (Lipinski definition) is 12. The topological polar surface area (TPSA) is 248 Å². The van der Waals surface area contributed by atoms with E-state index in [2.05, 4.69) is 89.5 Å². The molecule has 21 heteroatoms. The van der Waals surface area contributed by atoms with Crippen LogP contribution in [0, 0.1) is 0 Å². The Morgan fingerprint density at radius 2 is 1.42 bits per heavy atom. The fourth-order valence-corrected chi connectivity index (χ4v) is 10.2. The number of amides is 7.